The Bertz CT molecular complexity index is 1260. The second kappa shape index (κ2) is 7.86. The van der Waals surface area contributed by atoms with Crippen LogP contribution in [0.1, 0.15) is 22.5 Å². The van der Waals surface area contributed by atoms with E-state index in [9.17, 15) is 4.79 Å². The number of pyridine rings is 1. The van der Waals surface area contributed by atoms with E-state index >= 15 is 0 Å². The van der Waals surface area contributed by atoms with E-state index in [0.717, 1.165) is 28.3 Å². The molecule has 4 aromatic rings. The number of benzene rings is 1. The predicted octanol–water partition coefficient (Wildman–Crippen LogP) is 3.68. The molecular weight excluding hydrogens is 390 g/mol. The molecule has 0 saturated heterocycles. The number of nitrogens with one attached hydrogen (secondary N) is 1. The molecule has 0 radical (unpaired) electrons. The van der Waals surface area contributed by atoms with Crippen LogP contribution in [0.25, 0.3) is 16.7 Å². The number of aromatic nitrogens is 5. The van der Waals surface area contributed by atoms with Gasteiger partial charge in [-0.2, -0.15) is 5.10 Å². The Hall–Kier alpha value is -3.68. The van der Waals surface area contributed by atoms with Crippen LogP contribution in [-0.2, 0) is 11.3 Å². The van der Waals surface area contributed by atoms with Gasteiger partial charge in [0.25, 0.3) is 0 Å². The zero-order valence-corrected chi connectivity index (χ0v) is 18.8. The highest BCUT2D eigenvalue weighted by Gasteiger charge is 2.17. The van der Waals surface area contributed by atoms with Crippen molar-refractivity contribution >= 4 is 28.4 Å². The predicted molar refractivity (Wildman–Crippen MR) is 122 cm³/mol. The van der Waals surface area contributed by atoms with Crippen LogP contribution in [0.5, 0.6) is 0 Å². The number of likely N-dealkylation sites (N-methyl/N-ethyl adjacent to an activating group) is 1. The number of anilines is 2. The molecule has 0 spiro atoms. The minimum absolute atomic E-state index is 0.00651. The fraction of sp³-hybridized carbons (Fsp3) is 0.304. The molecular formula is C23H27N7O. The normalized spacial score (nSPS) is 11.2. The number of amides is 1. The Morgan fingerprint density at radius 3 is 2.45 bits per heavy atom. The summed E-state index contributed by atoms with van der Waals surface area (Å²) in [5, 5.41) is 8.18. The van der Waals surface area contributed by atoms with Gasteiger partial charge >= 0.3 is 0 Å². The first kappa shape index (κ1) is 20.6. The monoisotopic (exact) mass is 417 g/mol. The lowest BCUT2D eigenvalue weighted by Gasteiger charge is -2.11. The van der Waals surface area contributed by atoms with E-state index in [4.69, 9.17) is 5.10 Å². The maximum Gasteiger partial charge on any atom is 0.242 e. The summed E-state index contributed by atoms with van der Waals surface area (Å²) in [7, 11) is 3.49. The largest absolute Gasteiger partial charge is 0.347 e. The Kier molecular flexibility index (Phi) is 5.22. The Balaban J connectivity index is 1.71. The highest BCUT2D eigenvalue weighted by atomic mass is 16.2. The number of hydrogen-bond donors (Lipinski definition) is 1. The highest BCUT2D eigenvalue weighted by Crippen LogP contribution is 2.29. The molecule has 0 fully saturated rings. The molecule has 8 nitrogen and oxygen atoms in total. The van der Waals surface area contributed by atoms with Crippen LogP contribution in [0.15, 0.2) is 36.8 Å². The lowest BCUT2D eigenvalue weighted by Crippen LogP contribution is -2.25. The van der Waals surface area contributed by atoms with Gasteiger partial charge in [-0.3, -0.25) is 4.79 Å². The maximum absolute atomic E-state index is 12.1. The van der Waals surface area contributed by atoms with Gasteiger partial charge in [0.15, 0.2) is 5.82 Å². The second-order valence-corrected chi connectivity index (χ2v) is 8.12. The highest BCUT2D eigenvalue weighted by molar-refractivity contribution is 5.89. The molecule has 0 aliphatic carbocycles. The first-order valence-corrected chi connectivity index (χ1v) is 10.2. The van der Waals surface area contributed by atoms with Crippen molar-refractivity contribution in [1.29, 1.82) is 0 Å². The van der Waals surface area contributed by atoms with Crippen molar-refractivity contribution in [2.75, 3.05) is 19.4 Å². The third-order valence-corrected chi connectivity index (χ3v) is 5.33. The van der Waals surface area contributed by atoms with E-state index in [1.165, 1.54) is 11.1 Å². The minimum Gasteiger partial charge on any atom is -0.347 e. The summed E-state index contributed by atoms with van der Waals surface area (Å²) in [6.45, 7) is 8.42. The standard InChI is InChI=1S/C23H27N7O/c1-14-9-15(2)11-18(10-14)30-17(4)21(16(3)27-30)26-23-22-19(7-8-24-23)29(13-25-22)12-20(31)28(5)6/h7-11,13H,12H2,1-6H3,(H,24,26). The summed E-state index contributed by atoms with van der Waals surface area (Å²) in [6, 6.07) is 8.27. The Morgan fingerprint density at radius 1 is 1.06 bits per heavy atom. The van der Waals surface area contributed by atoms with Gasteiger partial charge in [0.05, 0.1) is 34.6 Å². The van der Waals surface area contributed by atoms with Gasteiger partial charge in [-0.05, 0) is 57.0 Å². The summed E-state index contributed by atoms with van der Waals surface area (Å²) < 4.78 is 3.79. The molecule has 3 aromatic heterocycles. The van der Waals surface area contributed by atoms with Gasteiger partial charge in [-0.1, -0.05) is 6.07 Å². The minimum atomic E-state index is 0.00651. The lowest BCUT2D eigenvalue weighted by atomic mass is 10.1. The average molecular weight is 418 g/mol. The van der Waals surface area contributed by atoms with Gasteiger partial charge < -0.3 is 14.8 Å². The molecule has 0 bridgehead atoms. The molecule has 1 aromatic carbocycles. The SMILES string of the molecule is Cc1cc(C)cc(-n2nc(C)c(Nc3nccc4c3ncn4CC(=O)N(C)C)c2C)c1. The van der Waals surface area contributed by atoms with Gasteiger partial charge in [0.2, 0.25) is 5.91 Å². The van der Waals surface area contributed by atoms with E-state index in [2.05, 4.69) is 47.3 Å². The van der Waals surface area contributed by atoms with Crippen LogP contribution in [0.3, 0.4) is 0 Å². The fourth-order valence-electron chi connectivity index (χ4n) is 3.76. The van der Waals surface area contributed by atoms with Gasteiger partial charge in [-0.15, -0.1) is 0 Å². The third kappa shape index (κ3) is 3.88. The van der Waals surface area contributed by atoms with Gasteiger partial charge in [0, 0.05) is 20.3 Å². The van der Waals surface area contributed by atoms with Crippen LogP contribution in [0, 0.1) is 27.7 Å². The molecule has 0 atom stereocenters. The molecule has 160 valence electrons. The summed E-state index contributed by atoms with van der Waals surface area (Å²) in [5.74, 6) is 0.645. The van der Waals surface area contributed by atoms with E-state index in [0.29, 0.717) is 11.3 Å². The van der Waals surface area contributed by atoms with E-state index in [-0.39, 0.29) is 12.5 Å². The van der Waals surface area contributed by atoms with Crippen LogP contribution in [0.4, 0.5) is 11.5 Å². The zero-order chi connectivity index (χ0) is 22.3. The molecule has 1 N–H and O–H groups in total. The second-order valence-electron chi connectivity index (χ2n) is 8.12. The number of imidazole rings is 1. The van der Waals surface area contributed by atoms with Crippen molar-refractivity contribution < 1.29 is 4.79 Å². The van der Waals surface area contributed by atoms with E-state index in [1.54, 1.807) is 31.5 Å². The molecule has 31 heavy (non-hydrogen) atoms. The number of hydrogen-bond acceptors (Lipinski definition) is 5. The average Bonchev–Trinajstić information content (AvgIpc) is 3.24. The number of nitrogens with zero attached hydrogens (tertiary/aromatic N) is 6. The summed E-state index contributed by atoms with van der Waals surface area (Å²) >= 11 is 0. The maximum atomic E-state index is 12.1. The molecule has 8 heteroatoms. The first-order valence-electron chi connectivity index (χ1n) is 10.2. The molecule has 0 saturated carbocycles. The van der Waals surface area contributed by atoms with Gasteiger partial charge in [-0.25, -0.2) is 14.6 Å². The van der Waals surface area contributed by atoms with Crippen LogP contribution in [-0.4, -0.2) is 49.2 Å². The van der Waals surface area contributed by atoms with Crippen molar-refractivity contribution in [3.63, 3.8) is 0 Å². The van der Waals surface area contributed by atoms with Crippen molar-refractivity contribution in [1.82, 2.24) is 29.2 Å². The van der Waals surface area contributed by atoms with E-state index in [1.807, 2.05) is 29.2 Å². The Labute approximate surface area is 181 Å². The van der Waals surface area contributed by atoms with Crippen molar-refractivity contribution in [2.45, 2.75) is 34.2 Å². The lowest BCUT2D eigenvalue weighted by molar-refractivity contribution is -0.129. The fourth-order valence-corrected chi connectivity index (χ4v) is 3.76. The molecule has 1 amide bonds. The number of fused-ring (bicyclic) bond motifs is 1. The molecule has 0 unspecified atom stereocenters. The van der Waals surface area contributed by atoms with Crippen LogP contribution < -0.4 is 5.32 Å². The zero-order valence-electron chi connectivity index (χ0n) is 18.8. The summed E-state index contributed by atoms with van der Waals surface area (Å²) in [4.78, 5) is 22.7. The van der Waals surface area contributed by atoms with Crippen LogP contribution in [0.2, 0.25) is 0 Å². The quantitative estimate of drug-likeness (QED) is 0.536. The smallest absolute Gasteiger partial charge is 0.242 e. The van der Waals surface area contributed by atoms with Crippen LogP contribution >= 0.6 is 0 Å². The molecule has 4 rings (SSSR count). The third-order valence-electron chi connectivity index (χ3n) is 5.33. The number of rotatable bonds is 5. The van der Waals surface area contributed by atoms with E-state index < -0.39 is 0 Å². The summed E-state index contributed by atoms with van der Waals surface area (Å²) in [5.41, 5.74) is 7.75. The molecule has 0 aliphatic heterocycles. The van der Waals surface area contributed by atoms with Crippen molar-refractivity contribution in [3.05, 3.63) is 59.3 Å². The number of carbonyl (C=O) groups is 1. The molecule has 0 aliphatic rings. The summed E-state index contributed by atoms with van der Waals surface area (Å²) in [6.07, 6.45) is 3.40. The number of aryl methyl sites for hydroxylation is 3. The van der Waals surface area contributed by atoms with Crippen molar-refractivity contribution in [3.8, 4) is 5.69 Å². The van der Waals surface area contributed by atoms with Gasteiger partial charge in [0.1, 0.15) is 12.1 Å². The van der Waals surface area contributed by atoms with Crippen molar-refractivity contribution in [2.24, 2.45) is 0 Å². The Morgan fingerprint density at radius 2 is 1.77 bits per heavy atom. The molecule has 3 heterocycles. The topological polar surface area (TPSA) is 80.9 Å². The number of carbonyl (C=O) groups excluding carboxylic acids is 1. The first-order chi connectivity index (χ1) is 14.7.